The van der Waals surface area contributed by atoms with Gasteiger partial charge in [0.25, 0.3) is 0 Å². The van der Waals surface area contributed by atoms with E-state index in [2.05, 4.69) is 26.3 Å². The predicted octanol–water partition coefficient (Wildman–Crippen LogP) is 5.12. The molecule has 0 unspecified atom stereocenters. The van der Waals surface area contributed by atoms with E-state index in [0.717, 1.165) is 11.1 Å². The maximum Gasteiger partial charge on any atom is 0.243 e. The number of nitriles is 2. The molecule has 2 aromatic carbocycles. The number of nitrogens with zero attached hydrogens (tertiary/aromatic N) is 5. The van der Waals surface area contributed by atoms with E-state index >= 15 is 0 Å². The van der Waals surface area contributed by atoms with Crippen LogP contribution in [0.25, 0.3) is 10.3 Å². The summed E-state index contributed by atoms with van der Waals surface area (Å²) < 4.78 is 20.7. The molecule has 0 aliphatic rings. The topological polar surface area (TPSA) is 108 Å². The van der Waals surface area contributed by atoms with Gasteiger partial charge in [-0.3, -0.25) is 0 Å². The molecule has 0 aliphatic carbocycles. The van der Waals surface area contributed by atoms with Crippen molar-refractivity contribution in [3.05, 3.63) is 63.9 Å². The molecule has 9 heteroatoms. The molecule has 30 heavy (non-hydrogen) atoms. The first kappa shape index (κ1) is 19.2. The number of benzene rings is 2. The van der Waals surface area contributed by atoms with Gasteiger partial charge in [-0.05, 0) is 55.3 Å². The van der Waals surface area contributed by atoms with E-state index in [4.69, 9.17) is 15.3 Å². The van der Waals surface area contributed by atoms with E-state index < -0.39 is 5.82 Å². The van der Waals surface area contributed by atoms with Gasteiger partial charge < -0.3 is 10.1 Å². The van der Waals surface area contributed by atoms with E-state index in [-0.39, 0.29) is 11.5 Å². The standard InChI is InChI=1S/C21H13FN6OS/c1-11-5-13(8-23)6-12(2)17(11)29-20-18-19(25-10-30-18)27-21(28-20)26-15-4-3-14(9-24)16(22)7-15/h3-7,10H,1-2H3,(H,26,27,28). The molecule has 4 aromatic rings. The molecule has 1 N–H and O–H groups in total. The summed E-state index contributed by atoms with van der Waals surface area (Å²) in [6.07, 6.45) is 0. The summed E-state index contributed by atoms with van der Waals surface area (Å²) in [5, 5.41) is 20.9. The molecule has 0 saturated heterocycles. The fraction of sp³-hybridized carbons (Fsp3) is 0.0952. The molecule has 0 spiro atoms. The van der Waals surface area contributed by atoms with Crippen LogP contribution < -0.4 is 10.1 Å². The monoisotopic (exact) mass is 416 g/mol. The molecule has 0 bridgehead atoms. The molecule has 0 atom stereocenters. The van der Waals surface area contributed by atoms with Gasteiger partial charge in [-0.25, -0.2) is 9.37 Å². The first-order valence-electron chi connectivity index (χ1n) is 8.75. The Morgan fingerprint density at radius 2 is 1.83 bits per heavy atom. The van der Waals surface area contributed by atoms with E-state index in [9.17, 15) is 4.39 Å². The van der Waals surface area contributed by atoms with Gasteiger partial charge in [0, 0.05) is 5.69 Å². The fourth-order valence-electron chi connectivity index (χ4n) is 2.95. The summed E-state index contributed by atoms with van der Waals surface area (Å²) in [7, 11) is 0. The number of aryl methyl sites for hydroxylation is 2. The summed E-state index contributed by atoms with van der Waals surface area (Å²) in [6.45, 7) is 3.71. The summed E-state index contributed by atoms with van der Waals surface area (Å²) in [5.41, 5.74) is 4.55. The zero-order chi connectivity index (χ0) is 21.3. The van der Waals surface area contributed by atoms with Crippen LogP contribution in [-0.4, -0.2) is 15.0 Å². The average Bonchev–Trinajstić information content (AvgIpc) is 3.19. The number of fused-ring (bicyclic) bond motifs is 1. The minimum absolute atomic E-state index is 0.0489. The van der Waals surface area contributed by atoms with Gasteiger partial charge in [-0.15, -0.1) is 11.3 Å². The largest absolute Gasteiger partial charge is 0.437 e. The van der Waals surface area contributed by atoms with E-state index in [0.29, 0.717) is 33.2 Å². The van der Waals surface area contributed by atoms with Crippen molar-refractivity contribution in [2.45, 2.75) is 13.8 Å². The number of hydrogen-bond acceptors (Lipinski definition) is 8. The summed E-state index contributed by atoms with van der Waals surface area (Å²) in [6, 6.07) is 11.5. The van der Waals surface area contributed by atoms with Crippen LogP contribution in [0, 0.1) is 42.3 Å². The molecule has 7 nitrogen and oxygen atoms in total. The molecule has 0 aliphatic heterocycles. The fourth-order valence-corrected chi connectivity index (χ4v) is 3.60. The van der Waals surface area contributed by atoms with Gasteiger partial charge in [-0.1, -0.05) is 0 Å². The lowest BCUT2D eigenvalue weighted by Gasteiger charge is -2.13. The van der Waals surface area contributed by atoms with Crippen LogP contribution in [0.1, 0.15) is 22.3 Å². The lowest BCUT2D eigenvalue weighted by Crippen LogP contribution is -2.01. The molecule has 4 rings (SSSR count). The Bertz CT molecular complexity index is 1350. The number of ether oxygens (including phenoxy) is 1. The maximum atomic E-state index is 13.9. The third-order valence-corrected chi connectivity index (χ3v) is 5.10. The number of halogens is 1. The summed E-state index contributed by atoms with van der Waals surface area (Å²) >= 11 is 1.34. The minimum Gasteiger partial charge on any atom is -0.437 e. The number of rotatable bonds is 4. The van der Waals surface area contributed by atoms with Crippen molar-refractivity contribution in [3.8, 4) is 23.8 Å². The van der Waals surface area contributed by atoms with Gasteiger partial charge in [-0.2, -0.15) is 20.5 Å². The van der Waals surface area contributed by atoms with E-state index in [1.54, 1.807) is 29.8 Å². The van der Waals surface area contributed by atoms with Crippen LogP contribution in [0.3, 0.4) is 0 Å². The summed E-state index contributed by atoms with van der Waals surface area (Å²) in [5.74, 6) is 0.432. The second-order valence-corrected chi connectivity index (χ2v) is 7.30. The van der Waals surface area contributed by atoms with Gasteiger partial charge in [0.1, 0.15) is 22.3 Å². The number of hydrogen-bond donors (Lipinski definition) is 1. The van der Waals surface area contributed by atoms with Gasteiger partial charge >= 0.3 is 0 Å². The third-order valence-electron chi connectivity index (χ3n) is 4.30. The second-order valence-electron chi connectivity index (χ2n) is 6.44. The Balaban J connectivity index is 1.73. The predicted molar refractivity (Wildman–Crippen MR) is 110 cm³/mol. The zero-order valence-corrected chi connectivity index (χ0v) is 16.7. The first-order valence-corrected chi connectivity index (χ1v) is 9.63. The Hall–Kier alpha value is -4.08. The van der Waals surface area contributed by atoms with Crippen LogP contribution in [0.15, 0.2) is 35.8 Å². The van der Waals surface area contributed by atoms with Gasteiger partial charge in [0.2, 0.25) is 11.8 Å². The summed E-state index contributed by atoms with van der Waals surface area (Å²) in [4.78, 5) is 13.0. The highest BCUT2D eigenvalue weighted by Crippen LogP contribution is 2.35. The lowest BCUT2D eigenvalue weighted by atomic mass is 10.1. The SMILES string of the molecule is Cc1cc(C#N)cc(C)c1Oc1nc(Nc2ccc(C#N)c(F)c2)nc2ncsc12. The first-order chi connectivity index (χ1) is 14.5. The van der Waals surface area contributed by atoms with Crippen molar-refractivity contribution in [1.29, 1.82) is 10.5 Å². The van der Waals surface area contributed by atoms with Gasteiger partial charge in [0.05, 0.1) is 22.7 Å². The average molecular weight is 416 g/mol. The smallest absolute Gasteiger partial charge is 0.243 e. The van der Waals surface area contributed by atoms with Crippen molar-refractivity contribution >= 4 is 33.3 Å². The van der Waals surface area contributed by atoms with Crippen molar-refractivity contribution in [2.24, 2.45) is 0 Å². The van der Waals surface area contributed by atoms with Crippen molar-refractivity contribution in [1.82, 2.24) is 15.0 Å². The van der Waals surface area contributed by atoms with Crippen LogP contribution in [0.2, 0.25) is 0 Å². The van der Waals surface area contributed by atoms with Crippen LogP contribution in [0.4, 0.5) is 16.0 Å². The molecule has 2 aromatic heterocycles. The van der Waals surface area contributed by atoms with Crippen molar-refractivity contribution in [2.75, 3.05) is 5.32 Å². The Morgan fingerprint density at radius 1 is 1.07 bits per heavy atom. The highest BCUT2D eigenvalue weighted by molar-refractivity contribution is 7.17. The van der Waals surface area contributed by atoms with Crippen LogP contribution in [0.5, 0.6) is 11.6 Å². The van der Waals surface area contributed by atoms with E-state index in [1.807, 2.05) is 13.8 Å². The molecule has 0 saturated carbocycles. The molecule has 0 fully saturated rings. The normalized spacial score (nSPS) is 10.4. The number of thiazole rings is 1. The molecule has 146 valence electrons. The maximum absolute atomic E-state index is 13.9. The molecular weight excluding hydrogens is 403 g/mol. The lowest BCUT2D eigenvalue weighted by molar-refractivity contribution is 0.462. The second kappa shape index (κ2) is 7.74. The number of aromatic nitrogens is 3. The van der Waals surface area contributed by atoms with Gasteiger partial charge in [0.15, 0.2) is 5.65 Å². The molecule has 0 radical (unpaired) electrons. The molecular formula is C21H13FN6OS. The third kappa shape index (κ3) is 3.62. The van der Waals surface area contributed by atoms with Crippen LogP contribution in [-0.2, 0) is 0 Å². The quantitative estimate of drug-likeness (QED) is 0.492. The Labute approximate surface area is 175 Å². The van der Waals surface area contributed by atoms with E-state index in [1.165, 1.54) is 23.5 Å². The highest BCUT2D eigenvalue weighted by atomic mass is 32.1. The zero-order valence-electron chi connectivity index (χ0n) is 15.9. The Morgan fingerprint density at radius 3 is 2.50 bits per heavy atom. The van der Waals surface area contributed by atoms with Crippen molar-refractivity contribution < 1.29 is 9.13 Å². The number of nitrogens with one attached hydrogen (secondary N) is 1. The number of anilines is 2. The van der Waals surface area contributed by atoms with Crippen LogP contribution >= 0.6 is 11.3 Å². The molecule has 2 heterocycles. The Kier molecular flexibility index (Phi) is 4.97. The molecule has 0 amide bonds. The minimum atomic E-state index is -0.641. The highest BCUT2D eigenvalue weighted by Gasteiger charge is 2.16. The van der Waals surface area contributed by atoms with Crippen molar-refractivity contribution in [3.63, 3.8) is 0 Å².